The van der Waals surface area contributed by atoms with E-state index < -0.39 is 0 Å². The Hall–Kier alpha value is -1.92. The van der Waals surface area contributed by atoms with Crippen LogP contribution in [0.15, 0.2) is 28.0 Å². The van der Waals surface area contributed by atoms with Crippen molar-refractivity contribution in [2.75, 3.05) is 0 Å². The Kier molecular flexibility index (Phi) is 5.38. The largest absolute Gasteiger partial charge is 0.494 e. The van der Waals surface area contributed by atoms with Gasteiger partial charge in [-0.15, -0.1) is 0 Å². The molecular weight excluding hydrogens is 334 g/mol. The van der Waals surface area contributed by atoms with Crippen molar-refractivity contribution in [2.24, 2.45) is 4.99 Å². The van der Waals surface area contributed by atoms with Crippen molar-refractivity contribution in [3.8, 4) is 5.88 Å². The Morgan fingerprint density at radius 3 is 2.57 bits per heavy atom. The van der Waals surface area contributed by atoms with E-state index in [9.17, 15) is 9.90 Å². The Labute approximate surface area is 144 Å². The van der Waals surface area contributed by atoms with Crippen LogP contribution in [0.3, 0.4) is 0 Å². The zero-order chi connectivity index (χ0) is 17.1. The summed E-state index contributed by atoms with van der Waals surface area (Å²) in [6.07, 6.45) is 1.36. The molecule has 1 aromatic heterocycles. The summed E-state index contributed by atoms with van der Waals surface area (Å²) in [5.41, 5.74) is 1.21. The first kappa shape index (κ1) is 17.4. The van der Waals surface area contributed by atoms with Gasteiger partial charge in [-0.2, -0.15) is 0 Å². The highest BCUT2D eigenvalue weighted by atomic mass is 35.5. The van der Waals surface area contributed by atoms with Gasteiger partial charge in [-0.25, -0.2) is 0 Å². The van der Waals surface area contributed by atoms with Gasteiger partial charge in [-0.05, 0) is 50.7 Å². The Morgan fingerprint density at radius 2 is 1.96 bits per heavy atom. The second-order valence-corrected chi connectivity index (χ2v) is 5.73. The number of halogens is 1. The van der Waals surface area contributed by atoms with E-state index in [1.807, 2.05) is 20.8 Å². The number of aromatic nitrogens is 2. The fraction of sp³-hybridized carbons (Fsp3) is 0.312. The van der Waals surface area contributed by atoms with Crippen molar-refractivity contribution in [2.45, 2.75) is 33.9 Å². The summed E-state index contributed by atoms with van der Waals surface area (Å²) in [6.45, 7) is 6.41. The number of rotatable bonds is 4. The number of hydrogen-bond donors (Lipinski definition) is 1. The van der Waals surface area contributed by atoms with Crippen LogP contribution in [0.2, 0.25) is 5.02 Å². The van der Waals surface area contributed by atoms with E-state index in [1.54, 1.807) is 18.2 Å². The maximum atomic E-state index is 12.5. The maximum Gasteiger partial charge on any atom is 0.267 e. The molecule has 0 fully saturated rings. The minimum absolute atomic E-state index is 0.113. The van der Waals surface area contributed by atoms with Gasteiger partial charge in [0, 0.05) is 24.3 Å². The Bertz CT molecular complexity index is 884. The first-order chi connectivity index (χ1) is 10.9. The quantitative estimate of drug-likeness (QED) is 0.672. The van der Waals surface area contributed by atoms with Crippen molar-refractivity contribution in [3.05, 3.63) is 49.5 Å². The molecule has 0 amide bonds. The molecule has 1 N–H and O–H groups in total. The molecule has 1 heterocycles. The lowest BCUT2D eigenvalue weighted by Crippen LogP contribution is -2.27. The average molecular weight is 352 g/mol. The lowest BCUT2D eigenvalue weighted by Gasteiger charge is -2.13. The first-order valence-corrected chi connectivity index (χ1v) is 8.06. The van der Waals surface area contributed by atoms with Gasteiger partial charge in [0.05, 0.1) is 5.69 Å². The number of nitrogens with zero attached hydrogens (tertiary/aromatic N) is 3. The average Bonchev–Trinajstić information content (AvgIpc) is 2.52. The van der Waals surface area contributed by atoms with E-state index in [-0.39, 0.29) is 17.0 Å². The van der Waals surface area contributed by atoms with Crippen LogP contribution >= 0.6 is 23.8 Å². The van der Waals surface area contributed by atoms with Crippen LogP contribution in [0.5, 0.6) is 5.88 Å². The van der Waals surface area contributed by atoms with Crippen molar-refractivity contribution in [1.29, 1.82) is 0 Å². The molecule has 0 unspecified atom stereocenters. The third-order valence-electron chi connectivity index (χ3n) is 3.64. The van der Waals surface area contributed by atoms with E-state index in [2.05, 4.69) is 4.99 Å². The number of aromatic hydroxyl groups is 1. The predicted molar refractivity (Wildman–Crippen MR) is 96.0 cm³/mol. The first-order valence-electron chi connectivity index (χ1n) is 7.28. The minimum Gasteiger partial charge on any atom is -0.494 e. The van der Waals surface area contributed by atoms with Crippen molar-refractivity contribution in [1.82, 2.24) is 9.13 Å². The topological polar surface area (TPSA) is 59.5 Å². The number of hydrogen-bond acceptors (Lipinski definition) is 4. The summed E-state index contributed by atoms with van der Waals surface area (Å²) in [5, 5.41) is 10.9. The zero-order valence-corrected chi connectivity index (χ0v) is 14.8. The summed E-state index contributed by atoms with van der Waals surface area (Å²) < 4.78 is 3.24. The van der Waals surface area contributed by atoms with Crippen LogP contribution in [0, 0.1) is 11.7 Å². The summed E-state index contributed by atoms with van der Waals surface area (Å²) in [7, 11) is 0. The van der Waals surface area contributed by atoms with Gasteiger partial charge in [0.1, 0.15) is 5.56 Å². The Balaban J connectivity index is 2.65. The van der Waals surface area contributed by atoms with E-state index >= 15 is 0 Å². The van der Waals surface area contributed by atoms with Crippen molar-refractivity contribution < 1.29 is 5.11 Å². The summed E-state index contributed by atoms with van der Waals surface area (Å²) in [5.74, 6) is -0.171. The van der Waals surface area contributed by atoms with Gasteiger partial charge >= 0.3 is 0 Å². The monoisotopic (exact) mass is 351 g/mol. The lowest BCUT2D eigenvalue weighted by molar-refractivity contribution is 0.399. The molecule has 0 aliphatic carbocycles. The molecule has 0 saturated heterocycles. The standard InChI is InChI=1S/C16H18ClN3O2S/c1-4-19-14(21)11(15(22)20(5-2)16(19)23)9-18-13-8-6-7-12(17)10(13)3/h6-9,21H,4-5H2,1-3H3. The van der Waals surface area contributed by atoms with Gasteiger partial charge in [-0.1, -0.05) is 17.7 Å². The molecule has 2 aromatic rings. The molecule has 122 valence electrons. The van der Waals surface area contributed by atoms with E-state index in [4.69, 9.17) is 23.8 Å². The molecule has 0 bridgehead atoms. The van der Waals surface area contributed by atoms with E-state index in [1.165, 1.54) is 15.3 Å². The second kappa shape index (κ2) is 7.10. The van der Waals surface area contributed by atoms with Crippen LogP contribution in [-0.2, 0) is 13.1 Å². The highest BCUT2D eigenvalue weighted by Crippen LogP contribution is 2.25. The van der Waals surface area contributed by atoms with Crippen LogP contribution in [0.25, 0.3) is 0 Å². The Morgan fingerprint density at radius 1 is 1.30 bits per heavy atom. The van der Waals surface area contributed by atoms with Crippen LogP contribution in [0.1, 0.15) is 25.0 Å². The molecular formula is C16H18ClN3O2S. The number of benzene rings is 1. The second-order valence-electron chi connectivity index (χ2n) is 4.96. The van der Waals surface area contributed by atoms with Gasteiger partial charge in [0.2, 0.25) is 5.88 Å². The zero-order valence-electron chi connectivity index (χ0n) is 13.2. The molecule has 0 aliphatic heterocycles. The molecule has 5 nitrogen and oxygen atoms in total. The maximum absolute atomic E-state index is 12.5. The van der Waals surface area contributed by atoms with Crippen LogP contribution in [0.4, 0.5) is 5.69 Å². The molecule has 0 aliphatic rings. The predicted octanol–water partition coefficient (Wildman–Crippen LogP) is 3.84. The summed E-state index contributed by atoms with van der Waals surface area (Å²) >= 11 is 11.3. The molecule has 0 saturated carbocycles. The normalized spacial score (nSPS) is 11.3. The number of aliphatic imine (C=N–C) groups is 1. The third kappa shape index (κ3) is 3.23. The minimum atomic E-state index is -0.358. The van der Waals surface area contributed by atoms with Crippen molar-refractivity contribution in [3.63, 3.8) is 0 Å². The highest BCUT2D eigenvalue weighted by molar-refractivity contribution is 7.71. The van der Waals surface area contributed by atoms with Crippen LogP contribution < -0.4 is 5.56 Å². The van der Waals surface area contributed by atoms with E-state index in [0.717, 1.165) is 5.56 Å². The fourth-order valence-corrected chi connectivity index (χ4v) is 2.85. The van der Waals surface area contributed by atoms with Crippen molar-refractivity contribution >= 4 is 35.7 Å². The van der Waals surface area contributed by atoms with Gasteiger partial charge in [0.15, 0.2) is 4.77 Å². The molecule has 0 atom stereocenters. The highest BCUT2D eigenvalue weighted by Gasteiger charge is 2.14. The summed E-state index contributed by atoms with van der Waals surface area (Å²) in [6, 6.07) is 5.35. The van der Waals surface area contributed by atoms with Gasteiger partial charge in [0.25, 0.3) is 5.56 Å². The smallest absolute Gasteiger partial charge is 0.267 e. The molecule has 7 heteroatoms. The molecule has 23 heavy (non-hydrogen) atoms. The molecule has 1 aromatic carbocycles. The summed E-state index contributed by atoms with van der Waals surface area (Å²) in [4.78, 5) is 16.8. The van der Waals surface area contributed by atoms with Gasteiger partial charge < -0.3 is 5.11 Å². The van der Waals surface area contributed by atoms with E-state index in [0.29, 0.717) is 28.6 Å². The third-order valence-corrected chi connectivity index (χ3v) is 4.49. The molecule has 0 radical (unpaired) electrons. The molecule has 0 spiro atoms. The lowest BCUT2D eigenvalue weighted by atomic mass is 10.2. The van der Waals surface area contributed by atoms with Gasteiger partial charge in [-0.3, -0.25) is 18.9 Å². The SMILES string of the molecule is CCn1c(O)c(C=Nc2cccc(Cl)c2C)c(=O)n(CC)c1=S. The molecule has 2 rings (SSSR count). The van der Waals surface area contributed by atoms with Crippen LogP contribution in [-0.4, -0.2) is 20.5 Å². The fourth-order valence-electron chi connectivity index (χ4n) is 2.26.